The second-order valence-corrected chi connectivity index (χ2v) is 5.67. The van der Waals surface area contributed by atoms with Gasteiger partial charge in [-0.2, -0.15) is 5.10 Å². The zero-order valence-electron chi connectivity index (χ0n) is 12.7. The Labute approximate surface area is 129 Å². The maximum absolute atomic E-state index is 12.2. The fourth-order valence-electron chi connectivity index (χ4n) is 2.64. The van der Waals surface area contributed by atoms with Gasteiger partial charge in [-0.3, -0.25) is 9.59 Å². The Bertz CT molecular complexity index is 728. The highest BCUT2D eigenvalue weighted by molar-refractivity contribution is 5.76. The van der Waals surface area contributed by atoms with Crippen molar-refractivity contribution in [3.05, 3.63) is 52.3 Å². The third-order valence-corrected chi connectivity index (χ3v) is 3.96. The van der Waals surface area contributed by atoms with Crippen LogP contribution in [0.4, 0.5) is 0 Å². The number of rotatable bonds is 3. The van der Waals surface area contributed by atoms with E-state index in [1.807, 2.05) is 31.2 Å². The largest absolute Gasteiger partial charge is 0.341 e. The van der Waals surface area contributed by atoms with E-state index in [2.05, 4.69) is 5.10 Å². The Morgan fingerprint density at radius 2 is 1.77 bits per heavy atom. The summed E-state index contributed by atoms with van der Waals surface area (Å²) >= 11 is 0. The van der Waals surface area contributed by atoms with Gasteiger partial charge in [0.05, 0.1) is 5.69 Å². The number of amides is 1. The quantitative estimate of drug-likeness (QED) is 0.868. The first-order valence-corrected chi connectivity index (χ1v) is 7.56. The number of aromatic nitrogens is 2. The number of carbonyl (C=O) groups is 1. The van der Waals surface area contributed by atoms with Gasteiger partial charge in [-0.1, -0.05) is 29.8 Å². The molecule has 22 heavy (non-hydrogen) atoms. The molecule has 0 bridgehead atoms. The van der Waals surface area contributed by atoms with Crippen LogP contribution in [0.2, 0.25) is 0 Å². The van der Waals surface area contributed by atoms with Crippen LogP contribution < -0.4 is 5.56 Å². The fraction of sp³-hybridized carbons (Fsp3) is 0.353. The lowest BCUT2D eigenvalue weighted by Crippen LogP contribution is -2.35. The maximum Gasteiger partial charge on any atom is 0.267 e. The Balaban J connectivity index is 1.85. The summed E-state index contributed by atoms with van der Waals surface area (Å²) in [6, 6.07) is 11.1. The van der Waals surface area contributed by atoms with Gasteiger partial charge in [0.1, 0.15) is 6.54 Å². The van der Waals surface area contributed by atoms with Gasteiger partial charge in [0, 0.05) is 24.7 Å². The van der Waals surface area contributed by atoms with Crippen molar-refractivity contribution >= 4 is 5.91 Å². The van der Waals surface area contributed by atoms with Gasteiger partial charge >= 0.3 is 0 Å². The Hall–Kier alpha value is -2.43. The molecule has 1 fully saturated rings. The fourth-order valence-corrected chi connectivity index (χ4v) is 2.64. The van der Waals surface area contributed by atoms with Crippen molar-refractivity contribution in [3.63, 3.8) is 0 Å². The number of benzene rings is 1. The molecule has 1 aromatic heterocycles. The van der Waals surface area contributed by atoms with Crippen LogP contribution >= 0.6 is 0 Å². The van der Waals surface area contributed by atoms with Gasteiger partial charge in [-0.15, -0.1) is 0 Å². The van der Waals surface area contributed by atoms with Crippen LogP contribution in [0.3, 0.4) is 0 Å². The summed E-state index contributed by atoms with van der Waals surface area (Å²) in [5.41, 5.74) is 2.56. The first-order valence-electron chi connectivity index (χ1n) is 7.56. The van der Waals surface area contributed by atoms with E-state index in [4.69, 9.17) is 0 Å². The molecule has 0 aliphatic carbocycles. The molecule has 0 unspecified atom stereocenters. The number of likely N-dealkylation sites (tertiary alicyclic amines) is 1. The summed E-state index contributed by atoms with van der Waals surface area (Å²) < 4.78 is 1.26. The maximum atomic E-state index is 12.2. The van der Waals surface area contributed by atoms with Gasteiger partial charge in [0.2, 0.25) is 5.91 Å². The van der Waals surface area contributed by atoms with Crippen molar-refractivity contribution in [2.45, 2.75) is 26.3 Å². The Morgan fingerprint density at radius 1 is 1.09 bits per heavy atom. The first-order chi connectivity index (χ1) is 10.6. The Morgan fingerprint density at radius 3 is 2.45 bits per heavy atom. The highest BCUT2D eigenvalue weighted by atomic mass is 16.2. The SMILES string of the molecule is Cc1ccc(-c2ccc(=O)n(CC(=O)N3CCCC3)n2)cc1. The molecule has 0 radical (unpaired) electrons. The molecule has 5 heteroatoms. The number of hydrogen-bond donors (Lipinski definition) is 0. The molecule has 0 atom stereocenters. The third-order valence-electron chi connectivity index (χ3n) is 3.96. The van der Waals surface area contributed by atoms with Gasteiger partial charge in [0.15, 0.2) is 0 Å². The molecule has 0 saturated carbocycles. The van der Waals surface area contributed by atoms with E-state index in [9.17, 15) is 9.59 Å². The molecular formula is C17H19N3O2. The summed E-state index contributed by atoms with van der Waals surface area (Å²) in [5.74, 6) is -0.0341. The van der Waals surface area contributed by atoms with Crippen molar-refractivity contribution < 1.29 is 4.79 Å². The first kappa shape index (κ1) is 14.5. The molecule has 1 aliphatic rings. The van der Waals surface area contributed by atoms with Gasteiger partial charge in [-0.05, 0) is 25.8 Å². The minimum Gasteiger partial charge on any atom is -0.341 e. The second kappa shape index (κ2) is 6.13. The van der Waals surface area contributed by atoms with Crippen LogP contribution in [0.15, 0.2) is 41.2 Å². The average molecular weight is 297 g/mol. The van der Waals surface area contributed by atoms with E-state index in [-0.39, 0.29) is 18.0 Å². The zero-order chi connectivity index (χ0) is 15.5. The second-order valence-electron chi connectivity index (χ2n) is 5.67. The van der Waals surface area contributed by atoms with Crippen LogP contribution in [-0.4, -0.2) is 33.7 Å². The lowest BCUT2D eigenvalue weighted by atomic mass is 10.1. The number of hydrogen-bond acceptors (Lipinski definition) is 3. The lowest BCUT2D eigenvalue weighted by Gasteiger charge is -2.15. The number of carbonyl (C=O) groups excluding carboxylic acids is 1. The standard InChI is InChI=1S/C17H19N3O2/c1-13-4-6-14(7-5-13)15-8-9-16(21)20(18-15)12-17(22)19-10-2-3-11-19/h4-9H,2-3,10-12H2,1H3. The summed E-state index contributed by atoms with van der Waals surface area (Å²) in [4.78, 5) is 25.9. The van der Waals surface area contributed by atoms with Crippen molar-refractivity contribution in [3.8, 4) is 11.3 Å². The van der Waals surface area contributed by atoms with Crippen LogP contribution in [-0.2, 0) is 11.3 Å². The minimum absolute atomic E-state index is 0.0124. The zero-order valence-corrected chi connectivity index (χ0v) is 12.7. The molecule has 2 heterocycles. The molecule has 2 aromatic rings. The molecule has 1 saturated heterocycles. The molecule has 3 rings (SSSR count). The normalized spacial score (nSPS) is 14.3. The van der Waals surface area contributed by atoms with E-state index in [1.54, 1.807) is 11.0 Å². The van der Waals surface area contributed by atoms with Crippen molar-refractivity contribution in [2.75, 3.05) is 13.1 Å². The van der Waals surface area contributed by atoms with Crippen LogP contribution in [0, 0.1) is 6.92 Å². The number of nitrogens with zero attached hydrogens (tertiary/aromatic N) is 3. The minimum atomic E-state index is -0.247. The van der Waals surface area contributed by atoms with Gasteiger partial charge in [-0.25, -0.2) is 4.68 Å². The van der Waals surface area contributed by atoms with E-state index in [1.165, 1.54) is 16.3 Å². The molecule has 1 aromatic carbocycles. The molecule has 5 nitrogen and oxygen atoms in total. The smallest absolute Gasteiger partial charge is 0.267 e. The molecule has 1 aliphatic heterocycles. The summed E-state index contributed by atoms with van der Waals surface area (Å²) in [5, 5.41) is 4.34. The summed E-state index contributed by atoms with van der Waals surface area (Å²) in [7, 11) is 0. The monoisotopic (exact) mass is 297 g/mol. The number of aryl methyl sites for hydroxylation is 1. The summed E-state index contributed by atoms with van der Waals surface area (Å²) in [6.07, 6.45) is 2.08. The molecular weight excluding hydrogens is 278 g/mol. The van der Waals surface area contributed by atoms with Crippen molar-refractivity contribution in [2.24, 2.45) is 0 Å². The third kappa shape index (κ3) is 3.08. The van der Waals surface area contributed by atoms with Crippen molar-refractivity contribution in [1.82, 2.24) is 14.7 Å². The van der Waals surface area contributed by atoms with Gasteiger partial charge < -0.3 is 4.90 Å². The highest BCUT2D eigenvalue weighted by Gasteiger charge is 2.19. The Kier molecular flexibility index (Phi) is 4.04. The van der Waals surface area contributed by atoms with Crippen molar-refractivity contribution in [1.29, 1.82) is 0 Å². The van der Waals surface area contributed by atoms with Crippen LogP contribution in [0.25, 0.3) is 11.3 Å². The molecule has 114 valence electrons. The van der Waals surface area contributed by atoms with Crippen LogP contribution in [0.1, 0.15) is 18.4 Å². The molecule has 0 spiro atoms. The average Bonchev–Trinajstić information content (AvgIpc) is 3.05. The van der Waals surface area contributed by atoms with E-state index in [0.717, 1.165) is 31.5 Å². The van der Waals surface area contributed by atoms with Gasteiger partial charge in [0.25, 0.3) is 5.56 Å². The predicted octanol–water partition coefficient (Wildman–Crippen LogP) is 1.84. The van der Waals surface area contributed by atoms with E-state index >= 15 is 0 Å². The molecule has 0 N–H and O–H groups in total. The highest BCUT2D eigenvalue weighted by Crippen LogP contribution is 2.16. The molecule has 1 amide bonds. The lowest BCUT2D eigenvalue weighted by molar-refractivity contribution is -0.131. The van der Waals surface area contributed by atoms with E-state index in [0.29, 0.717) is 5.69 Å². The van der Waals surface area contributed by atoms with E-state index < -0.39 is 0 Å². The summed E-state index contributed by atoms with van der Waals surface area (Å²) in [6.45, 7) is 3.60. The predicted molar refractivity (Wildman–Crippen MR) is 84.5 cm³/mol. The van der Waals surface area contributed by atoms with Crippen LogP contribution in [0.5, 0.6) is 0 Å². The topological polar surface area (TPSA) is 55.2 Å².